The van der Waals surface area contributed by atoms with Crippen molar-refractivity contribution in [3.8, 4) is 11.5 Å². The van der Waals surface area contributed by atoms with Crippen LogP contribution in [0.15, 0.2) is 34.7 Å². The third kappa shape index (κ3) is 3.62. The summed E-state index contributed by atoms with van der Waals surface area (Å²) in [7, 11) is 0. The van der Waals surface area contributed by atoms with Crippen molar-refractivity contribution in [2.75, 3.05) is 0 Å². The number of aromatic nitrogens is 2. The fourth-order valence-electron chi connectivity index (χ4n) is 2.35. The Bertz CT molecular complexity index is 961. The van der Waals surface area contributed by atoms with Crippen LogP contribution in [0.25, 0.3) is 11.5 Å². The zero-order valence-electron chi connectivity index (χ0n) is 14.3. The van der Waals surface area contributed by atoms with Crippen molar-refractivity contribution in [3.05, 3.63) is 61.7 Å². The van der Waals surface area contributed by atoms with E-state index >= 15 is 0 Å². The molecule has 0 fully saturated rings. The lowest BCUT2D eigenvalue weighted by atomic mass is 10.2. The van der Waals surface area contributed by atoms with Crippen LogP contribution in [0.1, 0.15) is 39.0 Å². The van der Waals surface area contributed by atoms with E-state index in [1.165, 1.54) is 35.6 Å². The summed E-state index contributed by atoms with van der Waals surface area (Å²) in [6.07, 6.45) is -0.721. The molecule has 0 saturated heterocycles. The van der Waals surface area contributed by atoms with Gasteiger partial charge in [-0.1, -0.05) is 0 Å². The van der Waals surface area contributed by atoms with E-state index in [1.807, 2.05) is 13.8 Å². The lowest BCUT2D eigenvalue weighted by Crippen LogP contribution is -2.09. The Morgan fingerprint density at radius 2 is 1.96 bits per heavy atom. The average Bonchev–Trinajstić information content (AvgIpc) is 3.21. The van der Waals surface area contributed by atoms with Gasteiger partial charge in [0.2, 0.25) is 5.89 Å². The minimum atomic E-state index is -0.721. The van der Waals surface area contributed by atoms with Gasteiger partial charge in [0.15, 0.2) is 6.10 Å². The largest absolute Gasteiger partial charge is 0.449 e. The third-order valence-electron chi connectivity index (χ3n) is 3.66. The van der Waals surface area contributed by atoms with Crippen LogP contribution in [-0.4, -0.2) is 21.1 Å². The highest BCUT2D eigenvalue weighted by atomic mass is 32.1. The molecule has 9 heteroatoms. The maximum absolute atomic E-state index is 12.3. The first kappa shape index (κ1) is 17.7. The van der Waals surface area contributed by atoms with Gasteiger partial charge in [-0.2, -0.15) is 0 Å². The smallest absolute Gasteiger partial charge is 0.340 e. The molecule has 0 aliphatic carbocycles. The van der Waals surface area contributed by atoms with Gasteiger partial charge < -0.3 is 9.15 Å². The monoisotopic (exact) mass is 373 g/mol. The summed E-state index contributed by atoms with van der Waals surface area (Å²) in [6.45, 7) is 5.42. The fraction of sp³-hybridized carbons (Fsp3) is 0.235. The molecule has 0 amide bonds. The number of thiophene rings is 1. The van der Waals surface area contributed by atoms with Gasteiger partial charge in [0.1, 0.15) is 0 Å². The first-order chi connectivity index (χ1) is 12.3. The normalized spacial score (nSPS) is 12.0. The second-order valence-electron chi connectivity index (χ2n) is 5.62. The van der Waals surface area contributed by atoms with Crippen LogP contribution in [0, 0.1) is 24.0 Å². The molecule has 2 heterocycles. The van der Waals surface area contributed by atoms with Gasteiger partial charge in [-0.15, -0.1) is 21.5 Å². The van der Waals surface area contributed by atoms with Gasteiger partial charge >= 0.3 is 5.97 Å². The van der Waals surface area contributed by atoms with E-state index in [-0.39, 0.29) is 17.5 Å². The number of benzene rings is 1. The highest BCUT2D eigenvalue weighted by molar-refractivity contribution is 7.12. The van der Waals surface area contributed by atoms with Crippen LogP contribution in [0.3, 0.4) is 0 Å². The molecular weight excluding hydrogens is 358 g/mol. The van der Waals surface area contributed by atoms with Crippen molar-refractivity contribution in [2.45, 2.75) is 26.9 Å². The minimum Gasteiger partial charge on any atom is -0.449 e. The molecule has 0 aliphatic heterocycles. The maximum Gasteiger partial charge on any atom is 0.340 e. The molecule has 0 saturated carbocycles. The molecule has 1 aromatic carbocycles. The lowest BCUT2D eigenvalue weighted by Gasteiger charge is -2.08. The molecule has 26 heavy (non-hydrogen) atoms. The Kier molecular flexibility index (Phi) is 4.81. The number of carbonyl (C=O) groups excluding carboxylic acids is 1. The molecule has 3 aromatic rings. The van der Waals surface area contributed by atoms with Crippen molar-refractivity contribution in [1.29, 1.82) is 0 Å². The van der Waals surface area contributed by atoms with Crippen molar-refractivity contribution >= 4 is 23.0 Å². The van der Waals surface area contributed by atoms with Crippen LogP contribution < -0.4 is 0 Å². The molecule has 0 radical (unpaired) electrons. The summed E-state index contributed by atoms with van der Waals surface area (Å²) < 4.78 is 10.9. The number of nitro benzene ring substituents is 1. The SMILES string of the molecule is Cc1cc(C(=O)OC(C)c2nnc(-c3ccc([N+](=O)[O-])cc3)o2)c(C)s1. The number of non-ortho nitro benzene ring substituents is 1. The minimum absolute atomic E-state index is 0.0304. The second kappa shape index (κ2) is 7.04. The molecule has 0 aliphatic rings. The summed E-state index contributed by atoms with van der Waals surface area (Å²) in [5.41, 5.74) is 1.03. The predicted octanol–water partition coefficient (Wildman–Crippen LogP) is 4.24. The first-order valence-electron chi connectivity index (χ1n) is 7.71. The van der Waals surface area contributed by atoms with Gasteiger partial charge in [-0.05, 0) is 39.0 Å². The molecule has 0 spiro atoms. The topological polar surface area (TPSA) is 108 Å². The molecule has 3 rings (SSSR count). The molecule has 0 N–H and O–H groups in total. The van der Waals surface area contributed by atoms with E-state index in [1.54, 1.807) is 13.0 Å². The van der Waals surface area contributed by atoms with Gasteiger partial charge in [0, 0.05) is 27.5 Å². The molecule has 2 aromatic heterocycles. The number of ether oxygens (including phenoxy) is 1. The van der Waals surface area contributed by atoms with Gasteiger partial charge in [-0.3, -0.25) is 10.1 Å². The standard InChI is InChI=1S/C17H15N3O5S/c1-9-8-14(11(3)26-9)17(21)24-10(2)15-18-19-16(25-15)12-4-6-13(7-5-12)20(22)23/h4-8,10H,1-3H3. The van der Waals surface area contributed by atoms with E-state index < -0.39 is 17.0 Å². The number of aryl methyl sites for hydroxylation is 2. The van der Waals surface area contributed by atoms with Crippen LogP contribution in [0.2, 0.25) is 0 Å². The summed E-state index contributed by atoms with van der Waals surface area (Å²) in [5.74, 6) is -0.105. The van der Waals surface area contributed by atoms with Gasteiger partial charge in [0.05, 0.1) is 10.5 Å². The summed E-state index contributed by atoms with van der Waals surface area (Å²) in [6, 6.07) is 7.52. The molecule has 0 bridgehead atoms. The number of nitro groups is 1. The zero-order chi connectivity index (χ0) is 18.8. The predicted molar refractivity (Wildman–Crippen MR) is 94.0 cm³/mol. The van der Waals surface area contributed by atoms with E-state index in [4.69, 9.17) is 9.15 Å². The first-order valence-corrected chi connectivity index (χ1v) is 8.53. The maximum atomic E-state index is 12.3. The Balaban J connectivity index is 1.73. The second-order valence-corrected chi connectivity index (χ2v) is 7.08. The Morgan fingerprint density at radius 3 is 2.54 bits per heavy atom. The van der Waals surface area contributed by atoms with E-state index in [9.17, 15) is 14.9 Å². The van der Waals surface area contributed by atoms with Crippen LogP contribution >= 0.6 is 11.3 Å². The number of nitrogens with zero attached hydrogens (tertiary/aromatic N) is 3. The highest BCUT2D eigenvalue weighted by Gasteiger charge is 2.22. The van der Waals surface area contributed by atoms with Crippen LogP contribution in [-0.2, 0) is 4.74 Å². The summed E-state index contributed by atoms with van der Waals surface area (Å²) >= 11 is 1.52. The van der Waals surface area contributed by atoms with Crippen molar-refractivity contribution in [1.82, 2.24) is 10.2 Å². The molecule has 1 unspecified atom stereocenters. The van der Waals surface area contributed by atoms with Crippen LogP contribution in [0.4, 0.5) is 5.69 Å². The van der Waals surface area contributed by atoms with Crippen molar-refractivity contribution in [2.24, 2.45) is 0 Å². The quantitative estimate of drug-likeness (QED) is 0.374. The Labute approximate surface area is 152 Å². The van der Waals surface area contributed by atoms with Gasteiger partial charge in [0.25, 0.3) is 11.6 Å². The third-order valence-corrected chi connectivity index (χ3v) is 4.62. The van der Waals surface area contributed by atoms with Crippen LogP contribution in [0.5, 0.6) is 0 Å². The van der Waals surface area contributed by atoms with Gasteiger partial charge in [-0.25, -0.2) is 4.79 Å². The number of rotatable bonds is 5. The number of carbonyl (C=O) groups is 1. The number of hydrogen-bond donors (Lipinski definition) is 0. The average molecular weight is 373 g/mol. The summed E-state index contributed by atoms with van der Waals surface area (Å²) in [5, 5.41) is 18.5. The summed E-state index contributed by atoms with van der Waals surface area (Å²) in [4.78, 5) is 24.4. The van der Waals surface area contributed by atoms with E-state index in [0.29, 0.717) is 11.1 Å². The number of hydrogen-bond acceptors (Lipinski definition) is 8. The van der Waals surface area contributed by atoms with E-state index in [0.717, 1.165) is 9.75 Å². The molecule has 1 atom stereocenters. The lowest BCUT2D eigenvalue weighted by molar-refractivity contribution is -0.384. The Hall–Kier alpha value is -3.07. The molecular formula is C17H15N3O5S. The fourth-order valence-corrected chi connectivity index (χ4v) is 3.26. The zero-order valence-corrected chi connectivity index (χ0v) is 15.1. The van der Waals surface area contributed by atoms with Crippen molar-refractivity contribution < 1.29 is 18.9 Å². The highest BCUT2D eigenvalue weighted by Crippen LogP contribution is 2.26. The number of esters is 1. The Morgan fingerprint density at radius 1 is 1.27 bits per heavy atom. The molecule has 8 nitrogen and oxygen atoms in total. The van der Waals surface area contributed by atoms with E-state index in [2.05, 4.69) is 10.2 Å². The molecule has 134 valence electrons. The van der Waals surface area contributed by atoms with Crippen molar-refractivity contribution in [3.63, 3.8) is 0 Å².